The second-order valence-electron chi connectivity index (χ2n) is 6.10. The van der Waals surface area contributed by atoms with Gasteiger partial charge in [-0.2, -0.15) is 0 Å². The summed E-state index contributed by atoms with van der Waals surface area (Å²) in [5, 5.41) is 0. The van der Waals surface area contributed by atoms with Crippen LogP contribution in [0.2, 0.25) is 0 Å². The molecule has 0 heterocycles. The van der Waals surface area contributed by atoms with Crippen molar-refractivity contribution in [3.8, 4) is 0 Å². The van der Waals surface area contributed by atoms with Crippen molar-refractivity contribution in [1.29, 1.82) is 0 Å². The molecule has 3 heteroatoms. The topological polar surface area (TPSA) is 35.4 Å². The summed E-state index contributed by atoms with van der Waals surface area (Å²) in [6.45, 7) is 8.23. The summed E-state index contributed by atoms with van der Waals surface area (Å²) in [4.78, 5) is 0. The van der Waals surface area contributed by atoms with Crippen LogP contribution in [0.5, 0.6) is 0 Å². The first-order chi connectivity index (χ1) is 6.89. The maximum atomic E-state index is 11.7. The highest BCUT2D eigenvalue weighted by atomic mass is 32.2. The average Bonchev–Trinajstić information content (AvgIpc) is 2.54. The van der Waals surface area contributed by atoms with Crippen LogP contribution >= 0.6 is 0 Å². The minimum absolute atomic E-state index is 0.214. The fourth-order valence-electron chi connectivity index (χ4n) is 2.67. The zero-order valence-electron chi connectivity index (χ0n) is 10.1. The van der Waals surface area contributed by atoms with Crippen LogP contribution in [0, 0.1) is 23.7 Å². The Morgan fingerprint density at radius 3 is 2.27 bits per heavy atom. The molecule has 0 amide bonds. The third-order valence-corrected chi connectivity index (χ3v) is 4.96. The molecular formula is C12H21NOS. The quantitative estimate of drug-likeness (QED) is 0.528. The summed E-state index contributed by atoms with van der Waals surface area (Å²) >= 11 is -1.06. The van der Waals surface area contributed by atoms with E-state index in [1.165, 1.54) is 12.8 Å². The van der Waals surface area contributed by atoms with E-state index in [2.05, 4.69) is 11.3 Å². The first kappa shape index (κ1) is 11.5. The zero-order valence-corrected chi connectivity index (χ0v) is 10.9. The number of hydrogen-bond donors (Lipinski definition) is 0. The van der Waals surface area contributed by atoms with Crippen molar-refractivity contribution in [3.05, 3.63) is 0 Å². The maximum absolute atomic E-state index is 11.7. The largest absolute Gasteiger partial charge is 0.591 e. The highest BCUT2D eigenvalue weighted by Crippen LogP contribution is 2.58. The molecule has 0 aromatic rings. The van der Waals surface area contributed by atoms with Gasteiger partial charge in [0.2, 0.25) is 0 Å². The highest BCUT2D eigenvalue weighted by molar-refractivity contribution is 7.91. The predicted molar refractivity (Wildman–Crippen MR) is 65.3 cm³/mol. The van der Waals surface area contributed by atoms with E-state index in [-0.39, 0.29) is 4.75 Å². The molecule has 5 atom stereocenters. The van der Waals surface area contributed by atoms with Crippen molar-refractivity contribution >= 4 is 17.6 Å². The van der Waals surface area contributed by atoms with Crippen LogP contribution in [0.25, 0.3) is 0 Å². The van der Waals surface area contributed by atoms with Gasteiger partial charge in [0.25, 0.3) is 0 Å². The van der Waals surface area contributed by atoms with Gasteiger partial charge in [0, 0.05) is 5.92 Å². The lowest BCUT2D eigenvalue weighted by atomic mass is 10.0. The molecule has 0 saturated heterocycles. The van der Waals surface area contributed by atoms with Gasteiger partial charge < -0.3 is 4.55 Å². The second-order valence-corrected chi connectivity index (χ2v) is 8.03. The van der Waals surface area contributed by atoms with Gasteiger partial charge in [-0.15, -0.1) is 0 Å². The Morgan fingerprint density at radius 2 is 1.80 bits per heavy atom. The number of rotatable bonds is 2. The van der Waals surface area contributed by atoms with E-state index in [1.54, 1.807) is 0 Å². The van der Waals surface area contributed by atoms with Gasteiger partial charge in [-0.1, -0.05) is 11.3 Å². The SMILES string of the molecule is CC1C[C@@H]2C(C=N[S+]([O-])C(C)(C)C)[C@@H]2C1. The lowest BCUT2D eigenvalue weighted by molar-refractivity contribution is 0.514. The third-order valence-electron chi connectivity index (χ3n) is 3.60. The Kier molecular flexibility index (Phi) is 2.89. The van der Waals surface area contributed by atoms with Crippen molar-refractivity contribution < 1.29 is 4.55 Å². The smallest absolute Gasteiger partial charge is 0.144 e. The molecule has 3 unspecified atom stereocenters. The molecule has 0 aliphatic heterocycles. The van der Waals surface area contributed by atoms with Crippen LogP contribution in [0.3, 0.4) is 0 Å². The van der Waals surface area contributed by atoms with Gasteiger partial charge in [-0.25, -0.2) is 0 Å². The summed E-state index contributed by atoms with van der Waals surface area (Å²) in [7, 11) is 0. The molecule has 0 aromatic carbocycles. The van der Waals surface area contributed by atoms with Gasteiger partial charge >= 0.3 is 0 Å². The van der Waals surface area contributed by atoms with Gasteiger partial charge in [0.05, 0.1) is 6.21 Å². The molecule has 0 spiro atoms. The molecule has 2 fully saturated rings. The molecular weight excluding hydrogens is 206 g/mol. The van der Waals surface area contributed by atoms with E-state index in [1.807, 2.05) is 27.0 Å². The fourth-order valence-corrected chi connectivity index (χ4v) is 3.24. The van der Waals surface area contributed by atoms with Gasteiger partial charge in [0.1, 0.15) is 16.1 Å². The molecule has 2 aliphatic carbocycles. The van der Waals surface area contributed by atoms with E-state index < -0.39 is 11.4 Å². The average molecular weight is 227 g/mol. The minimum atomic E-state index is -1.06. The molecule has 15 heavy (non-hydrogen) atoms. The molecule has 0 bridgehead atoms. The Labute approximate surface area is 95.9 Å². The lowest BCUT2D eigenvalue weighted by Crippen LogP contribution is -2.26. The normalized spacial score (nSPS) is 41.9. The maximum Gasteiger partial charge on any atom is 0.144 e. The molecule has 0 aromatic heterocycles. The van der Waals surface area contributed by atoms with Crippen LogP contribution in [0.1, 0.15) is 40.5 Å². The van der Waals surface area contributed by atoms with Crippen molar-refractivity contribution in [3.63, 3.8) is 0 Å². The molecule has 2 nitrogen and oxygen atoms in total. The Bertz CT molecular complexity index is 259. The fraction of sp³-hybridized carbons (Fsp3) is 0.917. The van der Waals surface area contributed by atoms with Crippen LogP contribution in [0.15, 0.2) is 4.40 Å². The molecule has 2 aliphatic rings. The summed E-state index contributed by atoms with van der Waals surface area (Å²) < 4.78 is 15.7. The van der Waals surface area contributed by atoms with E-state index >= 15 is 0 Å². The number of fused-ring (bicyclic) bond motifs is 1. The van der Waals surface area contributed by atoms with Crippen LogP contribution in [-0.2, 0) is 11.4 Å². The third kappa shape index (κ3) is 2.39. The predicted octanol–water partition coefficient (Wildman–Crippen LogP) is 2.81. The van der Waals surface area contributed by atoms with Crippen LogP contribution in [-0.4, -0.2) is 15.5 Å². The minimum Gasteiger partial charge on any atom is -0.591 e. The summed E-state index contributed by atoms with van der Waals surface area (Å²) in [6.07, 6.45) is 4.68. The second kappa shape index (κ2) is 3.77. The lowest BCUT2D eigenvalue weighted by Gasteiger charge is -2.17. The van der Waals surface area contributed by atoms with Crippen molar-refractivity contribution in [2.45, 2.75) is 45.3 Å². The molecule has 2 rings (SSSR count). The van der Waals surface area contributed by atoms with Crippen LogP contribution < -0.4 is 0 Å². The monoisotopic (exact) mass is 227 g/mol. The van der Waals surface area contributed by atoms with Crippen molar-refractivity contribution in [2.75, 3.05) is 0 Å². The summed E-state index contributed by atoms with van der Waals surface area (Å²) in [5.41, 5.74) is 0. The Balaban J connectivity index is 1.83. The van der Waals surface area contributed by atoms with E-state index in [0.29, 0.717) is 5.92 Å². The van der Waals surface area contributed by atoms with E-state index in [4.69, 9.17) is 0 Å². The summed E-state index contributed by atoms with van der Waals surface area (Å²) in [6, 6.07) is 0. The van der Waals surface area contributed by atoms with E-state index in [9.17, 15) is 4.55 Å². The Morgan fingerprint density at radius 1 is 1.27 bits per heavy atom. The van der Waals surface area contributed by atoms with Gasteiger partial charge in [-0.05, 0) is 51.4 Å². The first-order valence-electron chi connectivity index (χ1n) is 5.86. The first-order valence-corrected chi connectivity index (χ1v) is 6.96. The van der Waals surface area contributed by atoms with Crippen molar-refractivity contribution in [2.24, 2.45) is 28.1 Å². The molecule has 0 N–H and O–H groups in total. The molecule has 2 saturated carbocycles. The zero-order chi connectivity index (χ0) is 11.2. The molecule has 0 radical (unpaired) electrons. The number of nitrogens with zero attached hydrogens (tertiary/aromatic N) is 1. The van der Waals surface area contributed by atoms with Crippen LogP contribution in [0.4, 0.5) is 0 Å². The number of hydrogen-bond acceptors (Lipinski definition) is 2. The van der Waals surface area contributed by atoms with E-state index in [0.717, 1.165) is 17.8 Å². The van der Waals surface area contributed by atoms with Gasteiger partial charge in [0.15, 0.2) is 0 Å². The standard InChI is InChI=1S/C12H21NOS/c1-8-5-9-10(6-8)11(9)7-13-15(14)12(2,3)4/h7-11H,5-6H2,1-4H3/t8?,9-,10+,11?,15?. The molecule has 86 valence electrons. The Hall–Kier alpha value is -0.0200. The summed E-state index contributed by atoms with van der Waals surface area (Å²) in [5.74, 6) is 3.27. The van der Waals surface area contributed by atoms with Crippen molar-refractivity contribution in [1.82, 2.24) is 0 Å². The highest BCUT2D eigenvalue weighted by Gasteiger charge is 2.54. The van der Waals surface area contributed by atoms with Gasteiger partial charge in [-0.3, -0.25) is 0 Å².